The molecule has 2 heterocycles. The molecule has 21 N–H and O–H groups in total. The van der Waals surface area contributed by atoms with Gasteiger partial charge < -0.3 is 101 Å². The first-order chi connectivity index (χ1) is 37.5. The fourth-order valence-corrected chi connectivity index (χ4v) is 8.31. The molecule has 34 heteroatoms. The van der Waals surface area contributed by atoms with Crippen LogP contribution < -0.4 is 65.5 Å². The molecular formula is C46H75N15O19. The molecule has 0 radical (unpaired) electrons. The molecule has 80 heavy (non-hydrogen) atoms. The number of aliphatic carboxylic acids is 3. The van der Waals surface area contributed by atoms with Crippen LogP contribution in [0.15, 0.2) is 4.99 Å². The van der Waals surface area contributed by atoms with Crippen molar-refractivity contribution in [3.05, 3.63) is 0 Å². The van der Waals surface area contributed by atoms with Crippen LogP contribution in [0.3, 0.4) is 0 Å². The lowest BCUT2D eigenvalue weighted by Gasteiger charge is -2.32. The molecule has 2 rings (SSSR count). The highest BCUT2D eigenvalue weighted by atomic mass is 16.4. The number of rotatable bonds is 34. The minimum atomic E-state index is -2.05. The molecule has 34 nitrogen and oxygen atoms in total. The summed E-state index contributed by atoms with van der Waals surface area (Å²) in [5.74, 6) is -16.4. The van der Waals surface area contributed by atoms with Crippen LogP contribution >= 0.6 is 0 Å². The van der Waals surface area contributed by atoms with Crippen LogP contribution in [-0.2, 0) is 67.1 Å². The van der Waals surface area contributed by atoms with Gasteiger partial charge >= 0.3 is 17.9 Å². The van der Waals surface area contributed by atoms with Crippen LogP contribution in [-0.4, -0.2) is 224 Å². The Kier molecular flexibility index (Phi) is 28.2. The van der Waals surface area contributed by atoms with E-state index in [0.717, 1.165) is 9.80 Å². The number of nitrogens with one attached hydrogen (secondary N) is 8. The topological polar surface area (TPSA) is 559 Å². The molecule has 0 bridgehead atoms. The van der Waals surface area contributed by atoms with Gasteiger partial charge in [0.15, 0.2) is 5.96 Å². The molecule has 2 fully saturated rings. The summed E-state index contributed by atoms with van der Waals surface area (Å²) in [5, 5.41) is 67.0. The number of carboxylic acid groups (broad SMARTS) is 3. The lowest BCUT2D eigenvalue weighted by atomic mass is 10.0. The van der Waals surface area contributed by atoms with Crippen LogP contribution in [0.4, 0.5) is 0 Å². The molecule has 0 aromatic heterocycles. The molecular weight excluding hydrogens is 1070 g/mol. The average Bonchev–Trinajstić information content (AvgIpc) is 4.09. The predicted octanol–water partition coefficient (Wildman–Crippen LogP) is -8.79. The highest BCUT2D eigenvalue weighted by molar-refractivity contribution is 5.99. The maximum Gasteiger partial charge on any atom is 0.326 e. The predicted molar refractivity (Wildman–Crippen MR) is 274 cm³/mol. The number of likely N-dealkylation sites (tertiary alicyclic amines) is 2. The Hall–Kier alpha value is -8.27. The molecule has 0 aromatic rings. The van der Waals surface area contributed by atoms with E-state index in [-0.39, 0.29) is 64.1 Å². The normalized spacial score (nSPS) is 17.8. The zero-order chi connectivity index (χ0) is 60.6. The number of primary amides is 1. The van der Waals surface area contributed by atoms with E-state index in [1.165, 1.54) is 20.8 Å². The Morgan fingerprint density at radius 2 is 1.06 bits per heavy atom. The van der Waals surface area contributed by atoms with Gasteiger partial charge in [0, 0.05) is 32.5 Å². The molecule has 0 aromatic carbocycles. The average molecular weight is 1140 g/mol. The number of hydrogen-bond acceptors (Lipinski definition) is 18. The number of carboxylic acids is 3. The van der Waals surface area contributed by atoms with E-state index in [9.17, 15) is 92.7 Å². The number of nitrogens with two attached hydrogens (primary N) is 4. The second-order valence-electron chi connectivity index (χ2n) is 19.2. The quantitative estimate of drug-likeness (QED) is 0.0162. The van der Waals surface area contributed by atoms with E-state index >= 15 is 0 Å². The number of hydrogen-bond donors (Lipinski definition) is 17. The zero-order valence-electron chi connectivity index (χ0n) is 44.5. The molecule has 2 aliphatic rings. The lowest BCUT2D eigenvalue weighted by molar-refractivity contribution is -0.146. The number of carbonyl (C=O) groups is 14. The Balaban J connectivity index is 2.24. The largest absolute Gasteiger partial charge is 0.481 e. The van der Waals surface area contributed by atoms with Crippen LogP contribution in [0.25, 0.3) is 0 Å². The molecule has 448 valence electrons. The Morgan fingerprint density at radius 1 is 0.562 bits per heavy atom. The third-order valence-electron chi connectivity index (χ3n) is 12.5. The van der Waals surface area contributed by atoms with Crippen molar-refractivity contribution in [3.8, 4) is 0 Å². The first-order valence-corrected chi connectivity index (χ1v) is 25.5. The van der Waals surface area contributed by atoms with E-state index in [0.29, 0.717) is 0 Å². The van der Waals surface area contributed by atoms with Crippen LogP contribution in [0.2, 0.25) is 0 Å². The summed E-state index contributed by atoms with van der Waals surface area (Å²) in [4.78, 5) is 187. The monoisotopic (exact) mass is 1140 g/mol. The zero-order valence-corrected chi connectivity index (χ0v) is 44.5. The van der Waals surface area contributed by atoms with Crippen molar-refractivity contribution < 1.29 is 92.7 Å². The van der Waals surface area contributed by atoms with E-state index in [1.807, 2.05) is 0 Å². The molecule has 0 spiro atoms. The van der Waals surface area contributed by atoms with Gasteiger partial charge in [-0.05, 0) is 64.2 Å². The van der Waals surface area contributed by atoms with Crippen molar-refractivity contribution in [2.24, 2.45) is 33.8 Å². The highest BCUT2D eigenvalue weighted by Gasteiger charge is 2.43. The summed E-state index contributed by atoms with van der Waals surface area (Å²) in [6, 6.07) is -15.2. The molecule has 0 saturated carbocycles. The summed E-state index contributed by atoms with van der Waals surface area (Å²) in [6.07, 6.45) is -2.83. The standard InChI is InChI=1S/C46H75N15O19/c1-21(2)35(59-39(73)27(19-62)57-36(70)22(3)47)42(76)52-18-32(65)53-23(10-12-31(48)64)37(71)56-26(17-34(68)69)38(72)58-28(20-63)44(78)61-16-6-8-29(61)40(74)54-24(11-13-33(66)67)43(77)60-15-5-9-30(60)41(75)55-25(45(79)80)7-4-14-51-46(49)50/h21-30,35,62-63H,4-20,47H2,1-3H3,(H2,48,64)(H,52,76)(H,53,65)(H,54,74)(H,55,75)(H,56,71)(H,57,70)(H,58,72)(H,59,73)(H,66,67)(H,68,69)(H,79,80)(H4,49,50,51)/t22-,23-,24-,25-,26-,27-,28-,29-,30-,35-/m0/s1. The lowest BCUT2D eigenvalue weighted by Crippen LogP contribution is -2.60. The molecule has 2 saturated heterocycles. The number of aliphatic hydroxyl groups is 2. The second kappa shape index (κ2) is 33.2. The number of nitrogens with zero attached hydrogens (tertiary/aromatic N) is 3. The number of amides is 11. The van der Waals surface area contributed by atoms with Gasteiger partial charge in [0.1, 0.15) is 54.4 Å². The van der Waals surface area contributed by atoms with Crippen molar-refractivity contribution in [1.82, 2.24) is 52.3 Å². The Bertz CT molecular complexity index is 2320. The van der Waals surface area contributed by atoms with Gasteiger partial charge in [0.2, 0.25) is 65.0 Å². The van der Waals surface area contributed by atoms with Gasteiger partial charge in [-0.2, -0.15) is 0 Å². The number of carbonyl (C=O) groups excluding carboxylic acids is 11. The summed E-state index contributed by atoms with van der Waals surface area (Å²) in [6.45, 7) is 1.35. The van der Waals surface area contributed by atoms with E-state index in [4.69, 9.17) is 22.9 Å². The van der Waals surface area contributed by atoms with Crippen molar-refractivity contribution in [3.63, 3.8) is 0 Å². The van der Waals surface area contributed by atoms with Gasteiger partial charge in [0.05, 0.1) is 32.2 Å². The van der Waals surface area contributed by atoms with E-state index in [2.05, 4.69) is 47.5 Å². The van der Waals surface area contributed by atoms with Gasteiger partial charge in [-0.25, -0.2) is 4.79 Å². The van der Waals surface area contributed by atoms with E-state index in [1.54, 1.807) is 0 Å². The SMILES string of the molecule is CC(C)[C@H](NC(=O)[C@H](CO)NC(=O)[C@H](C)N)C(=O)NCC(=O)N[C@@H](CCC(N)=O)C(=O)N[C@@H](CC(=O)O)C(=O)N[C@@H](CO)C(=O)N1CCC[C@H]1C(=O)N[C@@H](CCC(=O)O)C(=O)N1CCC[C@H]1C(=O)N[C@@H](CCCN=C(N)N)C(=O)O. The number of aliphatic hydroxyl groups excluding tert-OH is 2. The molecule has 2 aliphatic heterocycles. The number of guanidine groups is 1. The first-order valence-electron chi connectivity index (χ1n) is 25.5. The van der Waals surface area contributed by atoms with Crippen molar-refractivity contribution in [1.29, 1.82) is 0 Å². The smallest absolute Gasteiger partial charge is 0.326 e. The fourth-order valence-electron chi connectivity index (χ4n) is 8.31. The van der Waals surface area contributed by atoms with Crippen molar-refractivity contribution in [2.45, 2.75) is 152 Å². The molecule has 0 aliphatic carbocycles. The summed E-state index contributed by atoms with van der Waals surface area (Å²) < 4.78 is 0. The minimum Gasteiger partial charge on any atom is -0.481 e. The fraction of sp³-hybridized carbons (Fsp3) is 0.674. The third kappa shape index (κ3) is 22.2. The molecule has 10 atom stereocenters. The summed E-state index contributed by atoms with van der Waals surface area (Å²) in [5.41, 5.74) is 21.4. The highest BCUT2D eigenvalue weighted by Crippen LogP contribution is 2.23. The van der Waals surface area contributed by atoms with Gasteiger partial charge in [0.25, 0.3) is 0 Å². The van der Waals surface area contributed by atoms with E-state index < -0.39 is 201 Å². The Morgan fingerprint density at radius 3 is 1.55 bits per heavy atom. The van der Waals surface area contributed by atoms with Crippen LogP contribution in [0.1, 0.15) is 91.4 Å². The third-order valence-corrected chi connectivity index (χ3v) is 12.5. The maximum atomic E-state index is 14.0. The van der Waals surface area contributed by atoms with Crippen molar-refractivity contribution >= 4 is 88.8 Å². The van der Waals surface area contributed by atoms with Gasteiger partial charge in [-0.15, -0.1) is 0 Å². The van der Waals surface area contributed by atoms with Gasteiger partial charge in [-0.3, -0.25) is 67.3 Å². The number of aliphatic imine (C=N–C) groups is 1. The molecule has 0 unspecified atom stereocenters. The second-order valence-corrected chi connectivity index (χ2v) is 19.2. The van der Waals surface area contributed by atoms with Crippen molar-refractivity contribution in [2.75, 3.05) is 39.4 Å². The van der Waals surface area contributed by atoms with Crippen LogP contribution in [0.5, 0.6) is 0 Å². The van der Waals surface area contributed by atoms with Crippen LogP contribution in [0, 0.1) is 5.92 Å². The first kappa shape index (κ1) is 67.8. The minimum absolute atomic E-state index is 0.0339. The molecule has 11 amide bonds. The van der Waals surface area contributed by atoms with Gasteiger partial charge in [-0.1, -0.05) is 13.8 Å². The summed E-state index contributed by atoms with van der Waals surface area (Å²) >= 11 is 0. The Labute approximate surface area is 458 Å². The maximum absolute atomic E-state index is 14.0. The summed E-state index contributed by atoms with van der Waals surface area (Å²) in [7, 11) is 0.